The molecule has 0 heterocycles. The standard InChI is InChI=1S/C21H32Se/c1-22(20-8-14-2-15(9-20)4-16(3-14)10-20)21-11-17-5-18(12-21)7-19(6-17)13-21/h14-19H,1-13H2. The van der Waals surface area contributed by atoms with Crippen molar-refractivity contribution in [3.63, 3.8) is 0 Å². The van der Waals surface area contributed by atoms with Gasteiger partial charge in [0, 0.05) is 0 Å². The summed E-state index contributed by atoms with van der Waals surface area (Å²) in [5, 5.41) is 0. The van der Waals surface area contributed by atoms with Gasteiger partial charge in [-0.2, -0.15) is 0 Å². The first-order valence-corrected chi connectivity index (χ1v) is 13.1. The van der Waals surface area contributed by atoms with Crippen LogP contribution in [0, 0.1) is 35.5 Å². The van der Waals surface area contributed by atoms with Crippen molar-refractivity contribution in [2.45, 2.75) is 85.7 Å². The van der Waals surface area contributed by atoms with Crippen molar-refractivity contribution in [1.82, 2.24) is 0 Å². The third-order valence-electron chi connectivity index (χ3n) is 9.01. The molecule has 0 unspecified atom stereocenters. The van der Waals surface area contributed by atoms with E-state index in [0.717, 1.165) is 44.1 Å². The number of hydrogen-bond donors (Lipinski definition) is 0. The average Bonchev–Trinajstić information content (AvgIpc) is 2.43. The van der Waals surface area contributed by atoms with Crippen LogP contribution in [0.5, 0.6) is 0 Å². The van der Waals surface area contributed by atoms with Gasteiger partial charge in [-0.05, 0) is 0 Å². The first kappa shape index (κ1) is 13.7. The molecule has 0 saturated heterocycles. The summed E-state index contributed by atoms with van der Waals surface area (Å²) in [5.41, 5.74) is 5.14. The van der Waals surface area contributed by atoms with Crippen LogP contribution in [0.1, 0.15) is 77.0 Å². The van der Waals surface area contributed by atoms with Crippen LogP contribution in [-0.4, -0.2) is 18.9 Å². The van der Waals surface area contributed by atoms with Gasteiger partial charge in [-0.3, -0.25) is 0 Å². The van der Waals surface area contributed by atoms with Crippen molar-refractivity contribution < 1.29 is 0 Å². The summed E-state index contributed by atoms with van der Waals surface area (Å²) in [6.45, 7) is 0. The molecule has 0 N–H and O–H groups in total. The van der Waals surface area contributed by atoms with Crippen molar-refractivity contribution in [3.05, 3.63) is 0 Å². The SMILES string of the molecule is C=[Se](C12CC3CC(CC(C3)C1)C2)C12CC3CC(CC(C3)C1)C2. The van der Waals surface area contributed by atoms with Gasteiger partial charge in [0.2, 0.25) is 0 Å². The molecule has 0 spiro atoms. The van der Waals surface area contributed by atoms with E-state index in [2.05, 4.69) is 0 Å². The van der Waals surface area contributed by atoms with Gasteiger partial charge in [0.1, 0.15) is 0 Å². The molecule has 8 saturated carbocycles. The molecule has 8 fully saturated rings. The van der Waals surface area contributed by atoms with Gasteiger partial charge < -0.3 is 0 Å². The molecule has 0 amide bonds. The Balaban J connectivity index is 1.37. The predicted octanol–water partition coefficient (Wildman–Crippen LogP) is 5.44. The van der Waals surface area contributed by atoms with Crippen LogP contribution in [0.3, 0.4) is 0 Å². The van der Waals surface area contributed by atoms with E-state index in [0.29, 0.717) is 0 Å². The fourth-order valence-electron chi connectivity index (χ4n) is 9.13. The van der Waals surface area contributed by atoms with Gasteiger partial charge in [-0.1, -0.05) is 0 Å². The summed E-state index contributed by atoms with van der Waals surface area (Å²) in [6, 6.07) is 0. The zero-order valence-electron chi connectivity index (χ0n) is 14.1. The Kier molecular flexibility index (Phi) is 2.68. The maximum absolute atomic E-state index is 5.14. The molecule has 0 aliphatic heterocycles. The van der Waals surface area contributed by atoms with Crippen LogP contribution in [0.25, 0.3) is 0 Å². The van der Waals surface area contributed by atoms with Crippen molar-refractivity contribution in [3.8, 4) is 0 Å². The molecule has 0 aromatic carbocycles. The van der Waals surface area contributed by atoms with Crippen LogP contribution in [0.15, 0.2) is 0 Å². The summed E-state index contributed by atoms with van der Waals surface area (Å²) in [5.74, 6) is 6.80. The van der Waals surface area contributed by atoms with Crippen molar-refractivity contribution >= 4 is 18.9 Å². The van der Waals surface area contributed by atoms with Gasteiger partial charge in [0.15, 0.2) is 0 Å². The molecular formula is C21H32Se. The Morgan fingerprint density at radius 3 is 0.955 bits per heavy atom. The monoisotopic (exact) mass is 364 g/mol. The quantitative estimate of drug-likeness (QED) is 0.574. The predicted molar refractivity (Wildman–Crippen MR) is 94.6 cm³/mol. The van der Waals surface area contributed by atoms with Gasteiger partial charge >= 0.3 is 140 Å². The second-order valence-corrected chi connectivity index (χ2v) is 15.9. The molecule has 8 aliphatic carbocycles. The second kappa shape index (κ2) is 4.32. The molecule has 8 bridgehead atoms. The van der Waals surface area contributed by atoms with Gasteiger partial charge in [0.25, 0.3) is 0 Å². The van der Waals surface area contributed by atoms with Crippen LogP contribution >= 0.6 is 0 Å². The number of rotatable bonds is 2. The first-order chi connectivity index (χ1) is 10.6. The van der Waals surface area contributed by atoms with Crippen molar-refractivity contribution in [2.75, 3.05) is 0 Å². The second-order valence-electron chi connectivity index (χ2n) is 10.6. The maximum atomic E-state index is 5.14. The Bertz CT molecular complexity index is 413. The molecule has 22 heavy (non-hydrogen) atoms. The normalized spacial score (nSPS) is 62.5. The van der Waals surface area contributed by atoms with E-state index in [-0.39, 0.29) is 0 Å². The molecule has 0 atom stereocenters. The molecule has 1 heteroatoms. The Labute approximate surface area is 140 Å². The van der Waals surface area contributed by atoms with E-state index in [1.165, 1.54) is 0 Å². The zero-order valence-corrected chi connectivity index (χ0v) is 15.8. The fraction of sp³-hybridized carbons (Fsp3) is 0.952. The van der Waals surface area contributed by atoms with Gasteiger partial charge in [0.05, 0.1) is 0 Å². The molecule has 0 radical (unpaired) electrons. The Morgan fingerprint density at radius 1 is 0.500 bits per heavy atom. The van der Waals surface area contributed by atoms with Crippen LogP contribution < -0.4 is 0 Å². The van der Waals surface area contributed by atoms with E-state index >= 15 is 0 Å². The molecule has 8 aliphatic rings. The zero-order chi connectivity index (χ0) is 14.5. The van der Waals surface area contributed by atoms with Crippen LogP contribution in [0.4, 0.5) is 0 Å². The minimum absolute atomic E-state index is 0.709. The third kappa shape index (κ3) is 1.74. The van der Waals surface area contributed by atoms with Crippen molar-refractivity contribution in [1.29, 1.82) is 0 Å². The molecular weight excluding hydrogens is 331 g/mol. The Hall–Kier alpha value is 0.389. The van der Waals surface area contributed by atoms with E-state index in [9.17, 15) is 0 Å². The van der Waals surface area contributed by atoms with E-state index in [1.807, 2.05) is 0 Å². The summed E-state index contributed by atoms with van der Waals surface area (Å²) in [7, 11) is 0. The summed E-state index contributed by atoms with van der Waals surface area (Å²) in [6.07, 6.45) is 19.5. The average molecular weight is 363 g/mol. The van der Waals surface area contributed by atoms with Gasteiger partial charge in [-0.15, -0.1) is 0 Å². The summed E-state index contributed by atoms with van der Waals surface area (Å²) >= 11 is -0.709. The minimum atomic E-state index is -0.709. The van der Waals surface area contributed by atoms with E-state index < -0.39 is 13.5 Å². The molecule has 122 valence electrons. The molecule has 0 aromatic heterocycles. The summed E-state index contributed by atoms with van der Waals surface area (Å²) in [4.78, 5) is 0. The first-order valence-electron chi connectivity index (χ1n) is 10.2. The topological polar surface area (TPSA) is 0 Å². The van der Waals surface area contributed by atoms with Gasteiger partial charge in [-0.25, -0.2) is 0 Å². The molecule has 0 nitrogen and oxygen atoms in total. The van der Waals surface area contributed by atoms with Crippen LogP contribution in [-0.2, 0) is 0 Å². The third-order valence-corrected chi connectivity index (χ3v) is 15.5. The Morgan fingerprint density at radius 2 is 0.727 bits per heavy atom. The van der Waals surface area contributed by atoms with Crippen molar-refractivity contribution in [2.24, 2.45) is 35.5 Å². The number of hydrogen-bond acceptors (Lipinski definition) is 0. The fourth-order valence-corrected chi connectivity index (χ4v) is 16.6. The van der Waals surface area contributed by atoms with Crippen LogP contribution in [0.2, 0.25) is 8.63 Å². The summed E-state index contributed by atoms with van der Waals surface area (Å²) < 4.78 is 1.64. The van der Waals surface area contributed by atoms with E-state index in [1.54, 1.807) is 77.0 Å². The van der Waals surface area contributed by atoms with E-state index in [4.69, 9.17) is 5.42 Å². The molecule has 8 rings (SSSR count). The molecule has 0 aromatic rings.